The van der Waals surface area contributed by atoms with Crippen LogP contribution in [0.25, 0.3) is 0 Å². The standard InChI is InChI=1S/C17H14ClF2NO5/c1-2-25-14-6-9(5-11(18)16(14)23)17(24)26-8-15(22)21-10-3-4-12(19)13(20)7-10/h3-7,23H,2,8H2,1H3,(H,21,22). The van der Waals surface area contributed by atoms with Gasteiger partial charge in [0.15, 0.2) is 29.7 Å². The van der Waals surface area contributed by atoms with Crippen molar-refractivity contribution in [2.45, 2.75) is 6.92 Å². The summed E-state index contributed by atoms with van der Waals surface area (Å²) in [6, 6.07) is 5.19. The van der Waals surface area contributed by atoms with Crippen LogP contribution in [0.5, 0.6) is 11.5 Å². The number of amides is 1. The van der Waals surface area contributed by atoms with Crippen molar-refractivity contribution in [2.24, 2.45) is 0 Å². The predicted octanol–water partition coefficient (Wildman–Crippen LogP) is 3.52. The highest BCUT2D eigenvalue weighted by Crippen LogP contribution is 2.35. The lowest BCUT2D eigenvalue weighted by atomic mass is 10.2. The first-order valence-electron chi connectivity index (χ1n) is 7.39. The second-order valence-corrected chi connectivity index (χ2v) is 5.40. The van der Waals surface area contributed by atoms with Gasteiger partial charge in [-0.25, -0.2) is 13.6 Å². The summed E-state index contributed by atoms with van der Waals surface area (Å²) in [5.41, 5.74) is -0.0202. The average molecular weight is 386 g/mol. The Balaban J connectivity index is 1.99. The van der Waals surface area contributed by atoms with Crippen LogP contribution in [-0.4, -0.2) is 30.2 Å². The molecule has 138 valence electrons. The van der Waals surface area contributed by atoms with Crippen molar-refractivity contribution < 1.29 is 33.0 Å². The molecule has 0 spiro atoms. The Morgan fingerprint density at radius 3 is 2.58 bits per heavy atom. The number of nitrogens with one attached hydrogen (secondary N) is 1. The molecular formula is C17H14ClF2NO5. The van der Waals surface area contributed by atoms with E-state index in [1.165, 1.54) is 6.07 Å². The van der Waals surface area contributed by atoms with Crippen molar-refractivity contribution in [2.75, 3.05) is 18.5 Å². The number of hydrogen-bond donors (Lipinski definition) is 2. The van der Waals surface area contributed by atoms with Gasteiger partial charge in [-0.15, -0.1) is 0 Å². The lowest BCUT2D eigenvalue weighted by Crippen LogP contribution is -2.21. The second-order valence-electron chi connectivity index (χ2n) is 4.99. The maximum absolute atomic E-state index is 13.1. The van der Waals surface area contributed by atoms with Crippen molar-refractivity contribution >= 4 is 29.2 Å². The summed E-state index contributed by atoms with van der Waals surface area (Å²) in [7, 11) is 0. The number of anilines is 1. The van der Waals surface area contributed by atoms with Crippen LogP contribution < -0.4 is 10.1 Å². The molecule has 0 aliphatic carbocycles. The maximum atomic E-state index is 13.1. The van der Waals surface area contributed by atoms with Crippen molar-refractivity contribution in [1.29, 1.82) is 0 Å². The number of benzene rings is 2. The minimum atomic E-state index is -1.12. The molecule has 0 heterocycles. The van der Waals surface area contributed by atoms with E-state index < -0.39 is 30.1 Å². The molecule has 0 radical (unpaired) electrons. The zero-order chi connectivity index (χ0) is 19.3. The molecule has 0 saturated heterocycles. The molecular weight excluding hydrogens is 372 g/mol. The number of phenolic OH excluding ortho intramolecular Hbond substituents is 1. The molecule has 0 aromatic heterocycles. The molecule has 1 amide bonds. The van der Waals surface area contributed by atoms with Crippen LogP contribution >= 0.6 is 11.6 Å². The number of carbonyl (C=O) groups is 2. The molecule has 0 unspecified atom stereocenters. The van der Waals surface area contributed by atoms with E-state index in [1.807, 2.05) is 0 Å². The topological polar surface area (TPSA) is 84.9 Å². The van der Waals surface area contributed by atoms with Gasteiger partial charge in [0.2, 0.25) is 0 Å². The molecule has 0 fully saturated rings. The van der Waals surface area contributed by atoms with Crippen LogP contribution in [0, 0.1) is 11.6 Å². The number of ether oxygens (including phenoxy) is 2. The molecule has 0 atom stereocenters. The van der Waals surface area contributed by atoms with Gasteiger partial charge in [-0.2, -0.15) is 0 Å². The Kier molecular flexibility index (Phi) is 6.35. The van der Waals surface area contributed by atoms with Gasteiger partial charge >= 0.3 is 5.97 Å². The first-order valence-corrected chi connectivity index (χ1v) is 7.77. The molecule has 2 aromatic carbocycles. The first kappa shape index (κ1) is 19.5. The average Bonchev–Trinajstić information content (AvgIpc) is 2.60. The predicted molar refractivity (Wildman–Crippen MR) is 89.6 cm³/mol. The highest BCUT2D eigenvalue weighted by Gasteiger charge is 2.17. The van der Waals surface area contributed by atoms with E-state index in [1.54, 1.807) is 6.92 Å². The third-order valence-electron chi connectivity index (χ3n) is 3.10. The molecule has 2 aromatic rings. The van der Waals surface area contributed by atoms with Crippen LogP contribution in [0.1, 0.15) is 17.3 Å². The van der Waals surface area contributed by atoms with Gasteiger partial charge in [-0.3, -0.25) is 4.79 Å². The molecule has 0 saturated carbocycles. The summed E-state index contributed by atoms with van der Waals surface area (Å²) in [6.45, 7) is 1.25. The van der Waals surface area contributed by atoms with Gasteiger partial charge in [-0.05, 0) is 31.2 Å². The summed E-state index contributed by atoms with van der Waals surface area (Å²) in [5, 5.41) is 11.9. The summed E-state index contributed by atoms with van der Waals surface area (Å²) >= 11 is 5.81. The van der Waals surface area contributed by atoms with E-state index >= 15 is 0 Å². The van der Waals surface area contributed by atoms with Crippen LogP contribution in [-0.2, 0) is 9.53 Å². The number of hydrogen-bond acceptors (Lipinski definition) is 5. The molecule has 2 rings (SSSR count). The number of halogens is 3. The zero-order valence-corrected chi connectivity index (χ0v) is 14.3. The fourth-order valence-electron chi connectivity index (χ4n) is 1.94. The lowest BCUT2D eigenvalue weighted by molar-refractivity contribution is -0.119. The molecule has 0 aliphatic rings. The van der Waals surface area contributed by atoms with E-state index in [2.05, 4.69) is 5.32 Å². The largest absolute Gasteiger partial charge is 0.503 e. The normalized spacial score (nSPS) is 10.3. The fourth-order valence-corrected chi connectivity index (χ4v) is 2.15. The van der Waals surface area contributed by atoms with Crippen molar-refractivity contribution in [3.63, 3.8) is 0 Å². The quantitative estimate of drug-likeness (QED) is 0.743. The highest BCUT2D eigenvalue weighted by molar-refractivity contribution is 6.32. The van der Waals surface area contributed by atoms with E-state index in [4.69, 9.17) is 21.1 Å². The van der Waals surface area contributed by atoms with Crippen LogP contribution in [0.15, 0.2) is 30.3 Å². The first-order chi connectivity index (χ1) is 12.3. The van der Waals surface area contributed by atoms with E-state index in [-0.39, 0.29) is 34.4 Å². The van der Waals surface area contributed by atoms with Gasteiger partial charge in [-0.1, -0.05) is 11.6 Å². The smallest absolute Gasteiger partial charge is 0.338 e. The third-order valence-corrected chi connectivity index (χ3v) is 3.39. The van der Waals surface area contributed by atoms with E-state index in [0.717, 1.165) is 24.3 Å². The molecule has 2 N–H and O–H groups in total. The third kappa shape index (κ3) is 4.82. The maximum Gasteiger partial charge on any atom is 0.338 e. The lowest BCUT2D eigenvalue weighted by Gasteiger charge is -2.10. The Bertz CT molecular complexity index is 844. The van der Waals surface area contributed by atoms with Gasteiger partial charge in [0.1, 0.15) is 0 Å². The SMILES string of the molecule is CCOc1cc(C(=O)OCC(=O)Nc2ccc(F)c(F)c2)cc(Cl)c1O. The Morgan fingerprint density at radius 2 is 1.92 bits per heavy atom. The molecule has 9 heteroatoms. The van der Waals surface area contributed by atoms with Crippen molar-refractivity contribution in [1.82, 2.24) is 0 Å². The molecule has 0 bridgehead atoms. The fraction of sp³-hybridized carbons (Fsp3) is 0.176. The van der Waals surface area contributed by atoms with Crippen molar-refractivity contribution in [3.05, 3.63) is 52.6 Å². The number of esters is 1. The minimum absolute atomic E-state index is 0.00168. The number of carbonyl (C=O) groups excluding carboxylic acids is 2. The summed E-state index contributed by atoms with van der Waals surface area (Å²) in [5.74, 6) is -4.13. The molecule has 6 nitrogen and oxygen atoms in total. The van der Waals surface area contributed by atoms with Gasteiger partial charge in [0.25, 0.3) is 5.91 Å². The second kappa shape index (κ2) is 8.48. The molecule has 0 aliphatic heterocycles. The van der Waals surface area contributed by atoms with E-state index in [0.29, 0.717) is 0 Å². The Hall–Kier alpha value is -2.87. The number of rotatable bonds is 6. The summed E-state index contributed by atoms with van der Waals surface area (Å²) in [4.78, 5) is 23.8. The summed E-state index contributed by atoms with van der Waals surface area (Å²) < 4.78 is 35.9. The van der Waals surface area contributed by atoms with Crippen LogP contribution in [0.2, 0.25) is 5.02 Å². The number of aromatic hydroxyl groups is 1. The van der Waals surface area contributed by atoms with Gasteiger partial charge < -0.3 is 19.9 Å². The van der Waals surface area contributed by atoms with Crippen molar-refractivity contribution in [3.8, 4) is 11.5 Å². The van der Waals surface area contributed by atoms with Gasteiger partial charge in [0.05, 0.1) is 17.2 Å². The van der Waals surface area contributed by atoms with Crippen LogP contribution in [0.3, 0.4) is 0 Å². The zero-order valence-electron chi connectivity index (χ0n) is 13.5. The monoisotopic (exact) mass is 385 g/mol. The minimum Gasteiger partial charge on any atom is -0.503 e. The Morgan fingerprint density at radius 1 is 1.19 bits per heavy atom. The molecule has 26 heavy (non-hydrogen) atoms. The highest BCUT2D eigenvalue weighted by atomic mass is 35.5. The summed E-state index contributed by atoms with van der Waals surface area (Å²) in [6.07, 6.45) is 0. The van der Waals surface area contributed by atoms with Gasteiger partial charge in [0, 0.05) is 11.8 Å². The Labute approximate surface area is 152 Å². The van der Waals surface area contributed by atoms with E-state index in [9.17, 15) is 23.5 Å². The number of phenols is 1. The van der Waals surface area contributed by atoms with Crippen LogP contribution in [0.4, 0.5) is 14.5 Å².